The third-order valence-electron chi connectivity index (χ3n) is 3.09. The van der Waals surface area contributed by atoms with Crippen LogP contribution < -0.4 is 9.47 Å². The van der Waals surface area contributed by atoms with Gasteiger partial charge in [0.15, 0.2) is 11.6 Å². The summed E-state index contributed by atoms with van der Waals surface area (Å²) in [4.78, 5) is 2.21. The highest BCUT2D eigenvalue weighted by Gasteiger charge is 2.20. The lowest BCUT2D eigenvalue weighted by Crippen LogP contribution is -2.38. The summed E-state index contributed by atoms with van der Waals surface area (Å²) in [5, 5.41) is 0. The second kappa shape index (κ2) is 6.05. The summed E-state index contributed by atoms with van der Waals surface area (Å²) >= 11 is 0. The van der Waals surface area contributed by atoms with Gasteiger partial charge in [0.1, 0.15) is 11.9 Å². The Balaban J connectivity index is 2.05. The average molecular weight is 253 g/mol. The molecule has 0 N–H and O–H groups in total. The molecule has 0 bridgehead atoms. The molecule has 1 unspecified atom stereocenters. The molecule has 4 heteroatoms. The van der Waals surface area contributed by atoms with Crippen molar-refractivity contribution < 1.29 is 13.9 Å². The summed E-state index contributed by atoms with van der Waals surface area (Å²) in [5.74, 6) is 0.617. The number of rotatable bonds is 4. The van der Waals surface area contributed by atoms with E-state index in [1.165, 1.54) is 6.07 Å². The van der Waals surface area contributed by atoms with Gasteiger partial charge in [0.25, 0.3) is 0 Å². The smallest absolute Gasteiger partial charge is 0.165 e. The van der Waals surface area contributed by atoms with E-state index in [0.717, 1.165) is 25.9 Å². The van der Waals surface area contributed by atoms with Crippen LogP contribution in [0.15, 0.2) is 18.2 Å². The first-order chi connectivity index (χ1) is 8.69. The van der Waals surface area contributed by atoms with E-state index in [1.807, 2.05) is 6.92 Å². The highest BCUT2D eigenvalue weighted by Crippen LogP contribution is 2.26. The lowest BCUT2D eigenvalue weighted by Gasteiger charge is -2.30. The Labute approximate surface area is 107 Å². The predicted molar refractivity (Wildman–Crippen MR) is 68.7 cm³/mol. The van der Waals surface area contributed by atoms with Crippen molar-refractivity contribution in [3.8, 4) is 11.5 Å². The largest absolute Gasteiger partial charge is 0.494 e. The van der Waals surface area contributed by atoms with E-state index in [1.54, 1.807) is 12.1 Å². The average Bonchev–Trinajstić information content (AvgIpc) is 2.34. The van der Waals surface area contributed by atoms with E-state index in [4.69, 9.17) is 9.47 Å². The van der Waals surface area contributed by atoms with Gasteiger partial charge in [0.2, 0.25) is 0 Å². The molecule has 1 aromatic rings. The Morgan fingerprint density at radius 1 is 1.44 bits per heavy atom. The summed E-state index contributed by atoms with van der Waals surface area (Å²) in [6.45, 7) is 4.40. The Morgan fingerprint density at radius 3 is 3.00 bits per heavy atom. The van der Waals surface area contributed by atoms with Gasteiger partial charge in [0.05, 0.1) is 6.61 Å². The predicted octanol–water partition coefficient (Wildman–Crippen LogP) is 2.70. The fraction of sp³-hybridized carbons (Fsp3) is 0.571. The minimum absolute atomic E-state index is 0.0649. The van der Waals surface area contributed by atoms with Gasteiger partial charge in [-0.3, -0.25) is 0 Å². The van der Waals surface area contributed by atoms with Crippen LogP contribution in [0.3, 0.4) is 0 Å². The summed E-state index contributed by atoms with van der Waals surface area (Å²) in [6, 6.07) is 4.65. The van der Waals surface area contributed by atoms with E-state index in [2.05, 4.69) is 11.9 Å². The molecule has 3 nitrogen and oxygen atoms in total. The summed E-state index contributed by atoms with van der Waals surface area (Å²) in [6.07, 6.45) is 2.13. The number of likely N-dealkylation sites (tertiary alicyclic amines) is 1. The highest BCUT2D eigenvalue weighted by atomic mass is 19.1. The Morgan fingerprint density at radius 2 is 2.28 bits per heavy atom. The molecule has 1 aromatic carbocycles. The van der Waals surface area contributed by atoms with Gasteiger partial charge in [-0.2, -0.15) is 0 Å². The van der Waals surface area contributed by atoms with Gasteiger partial charge in [-0.05, 0) is 45.5 Å². The molecule has 0 amide bonds. The molecule has 1 saturated heterocycles. The maximum absolute atomic E-state index is 13.7. The van der Waals surface area contributed by atoms with Gasteiger partial charge in [-0.15, -0.1) is 0 Å². The van der Waals surface area contributed by atoms with Crippen LogP contribution in [0.2, 0.25) is 0 Å². The molecule has 1 atom stereocenters. The minimum Gasteiger partial charge on any atom is -0.494 e. The second-order valence-corrected chi connectivity index (χ2v) is 4.67. The number of benzene rings is 1. The van der Waals surface area contributed by atoms with Crippen molar-refractivity contribution >= 4 is 0 Å². The number of halogens is 1. The number of hydrogen-bond acceptors (Lipinski definition) is 3. The molecule has 0 aliphatic carbocycles. The van der Waals surface area contributed by atoms with Crippen LogP contribution in [-0.4, -0.2) is 37.7 Å². The highest BCUT2D eigenvalue weighted by molar-refractivity contribution is 5.34. The summed E-state index contributed by atoms with van der Waals surface area (Å²) in [5.41, 5.74) is 0. The van der Waals surface area contributed by atoms with Crippen molar-refractivity contribution in [1.29, 1.82) is 0 Å². The van der Waals surface area contributed by atoms with Crippen LogP contribution in [0.25, 0.3) is 0 Å². The number of ether oxygens (including phenoxy) is 2. The van der Waals surface area contributed by atoms with Crippen LogP contribution in [0, 0.1) is 5.82 Å². The van der Waals surface area contributed by atoms with Crippen molar-refractivity contribution in [2.45, 2.75) is 25.9 Å². The van der Waals surface area contributed by atoms with Crippen LogP contribution in [0.5, 0.6) is 11.5 Å². The maximum atomic E-state index is 13.7. The maximum Gasteiger partial charge on any atom is 0.165 e. The van der Waals surface area contributed by atoms with Crippen molar-refractivity contribution in [3.63, 3.8) is 0 Å². The van der Waals surface area contributed by atoms with E-state index in [0.29, 0.717) is 18.1 Å². The molecule has 0 spiro atoms. The van der Waals surface area contributed by atoms with Crippen molar-refractivity contribution in [2.24, 2.45) is 0 Å². The topological polar surface area (TPSA) is 21.7 Å². The van der Waals surface area contributed by atoms with Crippen LogP contribution in [0.1, 0.15) is 19.8 Å². The number of nitrogens with zero attached hydrogens (tertiary/aromatic N) is 1. The van der Waals surface area contributed by atoms with E-state index < -0.39 is 0 Å². The van der Waals surface area contributed by atoms with Gasteiger partial charge in [-0.25, -0.2) is 4.39 Å². The first-order valence-corrected chi connectivity index (χ1v) is 6.46. The Bertz CT molecular complexity index is 397. The molecule has 2 rings (SSSR count). The van der Waals surface area contributed by atoms with Crippen LogP contribution >= 0.6 is 0 Å². The molecule has 0 aromatic heterocycles. The van der Waals surface area contributed by atoms with Crippen LogP contribution in [-0.2, 0) is 0 Å². The fourth-order valence-corrected chi connectivity index (χ4v) is 2.23. The Hall–Kier alpha value is -1.29. The van der Waals surface area contributed by atoms with E-state index in [-0.39, 0.29) is 11.9 Å². The third-order valence-corrected chi connectivity index (χ3v) is 3.09. The molecule has 1 aliphatic heterocycles. The molecule has 1 fully saturated rings. The number of likely N-dealkylation sites (N-methyl/N-ethyl adjacent to an activating group) is 1. The van der Waals surface area contributed by atoms with E-state index >= 15 is 0 Å². The van der Waals surface area contributed by atoms with Crippen molar-refractivity contribution in [3.05, 3.63) is 24.0 Å². The molecule has 1 aliphatic rings. The lowest BCUT2D eigenvalue weighted by molar-refractivity contribution is 0.1000. The minimum atomic E-state index is -0.327. The molecular weight excluding hydrogens is 233 g/mol. The van der Waals surface area contributed by atoms with E-state index in [9.17, 15) is 4.39 Å². The van der Waals surface area contributed by atoms with Crippen molar-refractivity contribution in [1.82, 2.24) is 4.90 Å². The van der Waals surface area contributed by atoms with Gasteiger partial charge >= 0.3 is 0 Å². The SMILES string of the molecule is CCOc1ccc(F)c(OC2CCCN(C)C2)c1. The first-order valence-electron chi connectivity index (χ1n) is 6.46. The second-order valence-electron chi connectivity index (χ2n) is 4.67. The first kappa shape index (κ1) is 13.1. The van der Waals surface area contributed by atoms with Crippen molar-refractivity contribution in [2.75, 3.05) is 26.7 Å². The lowest BCUT2D eigenvalue weighted by atomic mass is 10.1. The fourth-order valence-electron chi connectivity index (χ4n) is 2.23. The normalized spacial score (nSPS) is 20.7. The quantitative estimate of drug-likeness (QED) is 0.823. The zero-order valence-electron chi connectivity index (χ0n) is 11.0. The number of hydrogen-bond donors (Lipinski definition) is 0. The number of piperidine rings is 1. The summed E-state index contributed by atoms with van der Waals surface area (Å²) in [7, 11) is 2.06. The zero-order valence-corrected chi connectivity index (χ0v) is 11.0. The molecule has 0 radical (unpaired) electrons. The van der Waals surface area contributed by atoms with Gasteiger partial charge in [0, 0.05) is 12.6 Å². The van der Waals surface area contributed by atoms with Gasteiger partial charge < -0.3 is 14.4 Å². The standard InChI is InChI=1S/C14H20FNO2/c1-3-17-11-6-7-13(15)14(9-11)18-12-5-4-8-16(2)10-12/h6-7,9,12H,3-5,8,10H2,1-2H3. The van der Waals surface area contributed by atoms with Crippen LogP contribution in [0.4, 0.5) is 4.39 Å². The molecule has 100 valence electrons. The molecule has 1 heterocycles. The molecule has 0 saturated carbocycles. The summed E-state index contributed by atoms with van der Waals surface area (Å²) < 4.78 is 24.8. The Kier molecular flexibility index (Phi) is 4.42. The molecular formula is C14H20FNO2. The monoisotopic (exact) mass is 253 g/mol. The van der Waals surface area contributed by atoms with Gasteiger partial charge in [-0.1, -0.05) is 0 Å². The third kappa shape index (κ3) is 3.35. The molecule has 18 heavy (non-hydrogen) atoms. The zero-order chi connectivity index (χ0) is 13.0.